The van der Waals surface area contributed by atoms with Crippen molar-refractivity contribution in [2.45, 2.75) is 26.2 Å². The average Bonchev–Trinajstić information content (AvgIpc) is 2.89. The largest absolute Gasteiger partial charge is 0.488 e. The minimum atomic E-state index is -3.36. The lowest BCUT2D eigenvalue weighted by Crippen LogP contribution is -2.74. The summed E-state index contributed by atoms with van der Waals surface area (Å²) in [5, 5.41) is 3.00. The van der Waals surface area contributed by atoms with Gasteiger partial charge in [-0.2, -0.15) is 0 Å². The molecule has 3 aromatic carbocycles. The van der Waals surface area contributed by atoms with E-state index in [1.165, 1.54) is 0 Å². The van der Waals surface area contributed by atoms with E-state index in [0.29, 0.717) is 0 Å². The van der Waals surface area contributed by atoms with Gasteiger partial charge in [-0.15, -0.1) is 0 Å². The van der Waals surface area contributed by atoms with Gasteiger partial charge in [-0.25, -0.2) is 0 Å². The van der Waals surface area contributed by atoms with E-state index in [2.05, 4.69) is 42.9 Å². The molecular weight excluding hydrogens is 509 g/mol. The molecule has 0 bridgehead atoms. The van der Waals surface area contributed by atoms with E-state index in [0.717, 1.165) is 15.6 Å². The van der Waals surface area contributed by atoms with E-state index >= 15 is 0 Å². The maximum Gasteiger partial charge on any atom is 0.488 e. The Labute approximate surface area is 213 Å². The molecule has 188 valence electrons. The van der Waals surface area contributed by atoms with Crippen LogP contribution >= 0.6 is 0 Å². The SMILES string of the molecule is CO[Si](C)(OC)O[Si](C)(C)O[Si](O[Si](C)(OC)c1ccccc1)(c1ccccc1)c1ccccc1. The van der Waals surface area contributed by atoms with Crippen molar-refractivity contribution < 1.29 is 25.6 Å². The predicted molar refractivity (Wildman–Crippen MR) is 149 cm³/mol. The van der Waals surface area contributed by atoms with Crippen molar-refractivity contribution in [3.8, 4) is 0 Å². The summed E-state index contributed by atoms with van der Waals surface area (Å²) in [7, 11) is -7.11. The summed E-state index contributed by atoms with van der Waals surface area (Å²) in [4.78, 5) is 0. The van der Waals surface area contributed by atoms with Gasteiger partial charge in [-0.05, 0) is 35.2 Å². The smallest absolute Gasteiger partial charge is 0.409 e. The average molecular weight is 545 g/mol. The third kappa shape index (κ3) is 6.54. The first kappa shape index (κ1) is 27.9. The van der Waals surface area contributed by atoms with Gasteiger partial charge in [0.15, 0.2) is 0 Å². The molecule has 0 amide bonds. The molecule has 0 saturated carbocycles. The highest BCUT2D eigenvalue weighted by Crippen LogP contribution is 2.25. The van der Waals surface area contributed by atoms with E-state index in [4.69, 9.17) is 25.6 Å². The summed E-state index contributed by atoms with van der Waals surface area (Å²) in [5.74, 6) is 0. The topological polar surface area (TPSA) is 55.4 Å². The maximum atomic E-state index is 7.27. The van der Waals surface area contributed by atoms with Crippen molar-refractivity contribution in [3.63, 3.8) is 0 Å². The normalized spacial score (nSPS) is 14.5. The number of benzene rings is 3. The molecule has 10 heteroatoms. The molecule has 0 aromatic heterocycles. The van der Waals surface area contributed by atoms with Gasteiger partial charge < -0.3 is 25.6 Å². The molecule has 35 heavy (non-hydrogen) atoms. The molecule has 0 N–H and O–H groups in total. The quantitative estimate of drug-likeness (QED) is 0.326. The van der Waals surface area contributed by atoms with Gasteiger partial charge in [0.25, 0.3) is 0 Å². The summed E-state index contributed by atoms with van der Waals surface area (Å²) >= 11 is 0. The summed E-state index contributed by atoms with van der Waals surface area (Å²) in [6.07, 6.45) is 0. The maximum absolute atomic E-state index is 7.27. The standard InChI is InChI=1S/C25H36O6Si4/c1-26-33(6,23-17-11-8-12-18-23)31-35(24-19-13-9-14-20-24,25-21-15-10-16-22-25)30-32(4,5)29-34(7,27-2)28-3/h8-22H,1-7H3. The number of hydrogen-bond acceptors (Lipinski definition) is 6. The van der Waals surface area contributed by atoms with Crippen molar-refractivity contribution in [2.24, 2.45) is 0 Å². The number of rotatable bonds is 12. The van der Waals surface area contributed by atoms with Gasteiger partial charge in [0.1, 0.15) is 0 Å². The second kappa shape index (κ2) is 11.6. The fourth-order valence-corrected chi connectivity index (χ4v) is 19.7. The fourth-order valence-electron chi connectivity index (χ4n) is 3.95. The second-order valence-corrected chi connectivity index (χ2v) is 21.9. The lowest BCUT2D eigenvalue weighted by molar-refractivity contribution is 0.151. The van der Waals surface area contributed by atoms with Crippen molar-refractivity contribution in [3.05, 3.63) is 91.0 Å². The van der Waals surface area contributed by atoms with Crippen LogP contribution in [0.1, 0.15) is 0 Å². The molecule has 3 aromatic rings. The highest BCUT2D eigenvalue weighted by Gasteiger charge is 2.55. The third-order valence-corrected chi connectivity index (χ3v) is 21.0. The predicted octanol–water partition coefficient (Wildman–Crippen LogP) is 3.48. The van der Waals surface area contributed by atoms with Crippen molar-refractivity contribution in [1.29, 1.82) is 0 Å². The van der Waals surface area contributed by atoms with Gasteiger partial charge in [0.05, 0.1) is 0 Å². The van der Waals surface area contributed by atoms with Gasteiger partial charge >= 0.3 is 34.5 Å². The Balaban J connectivity index is 2.22. The Bertz CT molecular complexity index is 1010. The molecule has 0 aliphatic carbocycles. The van der Waals surface area contributed by atoms with E-state index in [1.807, 2.05) is 74.2 Å². The van der Waals surface area contributed by atoms with Crippen LogP contribution in [0.3, 0.4) is 0 Å². The van der Waals surface area contributed by atoms with Crippen LogP contribution in [0.4, 0.5) is 0 Å². The molecular formula is C25H36O6Si4. The van der Waals surface area contributed by atoms with Crippen molar-refractivity contribution in [2.75, 3.05) is 21.3 Å². The van der Waals surface area contributed by atoms with Crippen LogP contribution in [0.25, 0.3) is 0 Å². The third-order valence-electron chi connectivity index (χ3n) is 5.90. The molecule has 0 aliphatic heterocycles. The van der Waals surface area contributed by atoms with E-state index in [-0.39, 0.29) is 0 Å². The fraction of sp³-hybridized carbons (Fsp3) is 0.280. The minimum absolute atomic E-state index is 0.986. The van der Waals surface area contributed by atoms with Gasteiger partial charge in [0, 0.05) is 27.9 Å². The molecule has 0 aliphatic rings. The minimum Gasteiger partial charge on any atom is -0.409 e. The van der Waals surface area contributed by atoms with E-state index in [1.54, 1.807) is 21.3 Å². The summed E-state index contributed by atoms with van der Waals surface area (Å²) in [6.45, 7) is 7.97. The molecule has 0 fully saturated rings. The van der Waals surface area contributed by atoms with Crippen LogP contribution in [0.5, 0.6) is 0 Å². The first-order chi connectivity index (χ1) is 16.6. The van der Waals surface area contributed by atoms with Crippen molar-refractivity contribution >= 4 is 50.0 Å². The zero-order valence-electron chi connectivity index (χ0n) is 21.6. The molecule has 1 unspecified atom stereocenters. The highest BCUT2D eigenvalue weighted by molar-refractivity contribution is 7.03. The molecule has 0 heterocycles. The van der Waals surface area contributed by atoms with Gasteiger partial charge in [0.2, 0.25) is 0 Å². The van der Waals surface area contributed by atoms with E-state index < -0.39 is 34.5 Å². The number of hydrogen-bond donors (Lipinski definition) is 0. The summed E-state index contributed by atoms with van der Waals surface area (Å²) in [5.41, 5.74) is 0. The lowest BCUT2D eigenvalue weighted by Gasteiger charge is -2.44. The Morgan fingerprint density at radius 1 is 0.457 bits per heavy atom. The van der Waals surface area contributed by atoms with Gasteiger partial charge in [-0.3, -0.25) is 0 Å². The molecule has 3 rings (SSSR count). The van der Waals surface area contributed by atoms with Crippen molar-refractivity contribution in [1.82, 2.24) is 0 Å². The second-order valence-electron chi connectivity index (χ2n) is 8.84. The first-order valence-electron chi connectivity index (χ1n) is 11.5. The van der Waals surface area contributed by atoms with Crippen LogP contribution < -0.4 is 15.6 Å². The lowest BCUT2D eigenvalue weighted by atomic mass is 10.4. The van der Waals surface area contributed by atoms with E-state index in [9.17, 15) is 0 Å². The monoisotopic (exact) mass is 544 g/mol. The Kier molecular flexibility index (Phi) is 9.20. The van der Waals surface area contributed by atoms with Crippen LogP contribution in [0.15, 0.2) is 91.0 Å². The molecule has 0 spiro atoms. The molecule has 6 nitrogen and oxygen atoms in total. The van der Waals surface area contributed by atoms with Crippen LogP contribution in [-0.4, -0.2) is 55.8 Å². The molecule has 0 radical (unpaired) electrons. The highest BCUT2D eigenvalue weighted by atomic mass is 28.5. The zero-order valence-corrected chi connectivity index (χ0v) is 25.6. The zero-order chi connectivity index (χ0) is 25.6. The Hall–Kier alpha value is -1.71. The molecule has 0 saturated heterocycles. The van der Waals surface area contributed by atoms with Crippen LogP contribution in [0.2, 0.25) is 26.2 Å². The Morgan fingerprint density at radius 3 is 1.23 bits per heavy atom. The summed E-state index contributed by atoms with van der Waals surface area (Å²) in [6, 6.07) is 30.5. The first-order valence-corrected chi connectivity index (χ1v) is 20.7. The Morgan fingerprint density at radius 2 is 0.857 bits per heavy atom. The van der Waals surface area contributed by atoms with Crippen LogP contribution in [-0.2, 0) is 25.6 Å². The van der Waals surface area contributed by atoms with Crippen LogP contribution in [0, 0.1) is 0 Å². The molecule has 1 atom stereocenters. The summed E-state index contributed by atoms with van der Waals surface area (Å²) < 4.78 is 38.4. The van der Waals surface area contributed by atoms with Gasteiger partial charge in [-0.1, -0.05) is 91.0 Å².